The van der Waals surface area contributed by atoms with Crippen LogP contribution >= 0.6 is 0 Å². The maximum Gasteiger partial charge on any atom is 0.0788 e. The van der Waals surface area contributed by atoms with Gasteiger partial charge in [-0.3, -0.25) is 0 Å². The first-order chi connectivity index (χ1) is 24.0. The molecule has 10 aromatic rings. The zero-order valence-electron chi connectivity index (χ0n) is 27.9. The lowest BCUT2D eigenvalue weighted by atomic mass is 9.86. The molecule has 0 N–H and O–H groups in total. The summed E-state index contributed by atoms with van der Waals surface area (Å²) in [5.41, 5.74) is 12.2. The van der Waals surface area contributed by atoms with Crippen LogP contribution in [0.1, 0.15) is 26.3 Å². The molecule has 3 heterocycles. The molecule has 0 amide bonds. The number of fused-ring (bicyclic) bond motifs is 10. The van der Waals surface area contributed by atoms with Gasteiger partial charge in [-0.2, -0.15) is 0 Å². The van der Waals surface area contributed by atoms with E-state index in [0.29, 0.717) is 0 Å². The minimum atomic E-state index is 0.0433. The topological polar surface area (TPSA) is 14.8 Å². The first-order valence-electron chi connectivity index (χ1n) is 17.1. The van der Waals surface area contributed by atoms with E-state index in [-0.39, 0.29) is 5.41 Å². The molecule has 0 bridgehead atoms. The molecule has 0 unspecified atom stereocenters. The maximum absolute atomic E-state index is 2.48. The standard InChI is InChI=1S/C46H35N3/c1-46(2,3)30-22-26-42-38(28-30)36-24-25-37-39-29-33(47-40-20-12-10-18-34(40)35-19-11-13-21-41(35)47)23-27-43(39)49(32-16-8-5-9-17-32)45(37)44(36)48(42)31-14-6-4-7-15-31/h4-29H,1-3H3. The molecule has 0 aliphatic carbocycles. The van der Waals surface area contributed by atoms with Crippen LogP contribution < -0.4 is 0 Å². The highest BCUT2D eigenvalue weighted by atomic mass is 15.0. The summed E-state index contributed by atoms with van der Waals surface area (Å²) in [5, 5.41) is 7.57. The molecule has 234 valence electrons. The molecule has 0 saturated heterocycles. The van der Waals surface area contributed by atoms with Gasteiger partial charge in [0.15, 0.2) is 0 Å². The van der Waals surface area contributed by atoms with Gasteiger partial charge in [-0.25, -0.2) is 0 Å². The summed E-state index contributed by atoms with van der Waals surface area (Å²) < 4.78 is 7.38. The Morgan fingerprint density at radius 3 is 1.31 bits per heavy atom. The van der Waals surface area contributed by atoms with E-state index in [2.05, 4.69) is 192 Å². The molecular weight excluding hydrogens is 595 g/mol. The van der Waals surface area contributed by atoms with Crippen molar-refractivity contribution in [3.8, 4) is 17.1 Å². The average Bonchev–Trinajstić information content (AvgIpc) is 3.77. The fourth-order valence-corrected chi connectivity index (χ4v) is 8.09. The fraction of sp³-hybridized carbons (Fsp3) is 0.0870. The number of aromatic nitrogens is 3. The molecule has 0 saturated carbocycles. The van der Waals surface area contributed by atoms with Crippen molar-refractivity contribution in [1.29, 1.82) is 0 Å². The number of benzene rings is 7. The number of rotatable bonds is 3. The van der Waals surface area contributed by atoms with Gasteiger partial charge in [0.25, 0.3) is 0 Å². The molecule has 7 aromatic carbocycles. The van der Waals surface area contributed by atoms with E-state index in [1.165, 1.54) is 71.0 Å². The summed E-state index contributed by atoms with van der Waals surface area (Å²) in [6.07, 6.45) is 0. The molecule has 3 heteroatoms. The molecule has 3 nitrogen and oxygen atoms in total. The van der Waals surface area contributed by atoms with Gasteiger partial charge in [0.1, 0.15) is 0 Å². The van der Waals surface area contributed by atoms with Crippen LogP contribution in [0.15, 0.2) is 158 Å². The molecule has 10 rings (SSSR count). The summed E-state index contributed by atoms with van der Waals surface area (Å²) in [6.45, 7) is 6.89. The normalized spacial score (nSPS) is 12.4. The van der Waals surface area contributed by atoms with Crippen molar-refractivity contribution in [2.75, 3.05) is 0 Å². The summed E-state index contributed by atoms with van der Waals surface area (Å²) in [4.78, 5) is 0. The van der Waals surface area contributed by atoms with Crippen LogP contribution in [0.4, 0.5) is 0 Å². The highest BCUT2D eigenvalue weighted by Crippen LogP contribution is 2.43. The summed E-state index contributed by atoms with van der Waals surface area (Å²) >= 11 is 0. The summed E-state index contributed by atoms with van der Waals surface area (Å²) in [6, 6.07) is 57.9. The molecule has 0 aliphatic heterocycles. The van der Waals surface area contributed by atoms with Crippen LogP contribution in [-0.4, -0.2) is 13.7 Å². The third-order valence-electron chi connectivity index (χ3n) is 10.4. The number of nitrogens with zero attached hydrogens (tertiary/aromatic N) is 3. The Morgan fingerprint density at radius 2 is 0.776 bits per heavy atom. The zero-order valence-corrected chi connectivity index (χ0v) is 27.9. The van der Waals surface area contributed by atoms with Crippen LogP contribution in [0.25, 0.3) is 82.5 Å². The van der Waals surface area contributed by atoms with Crippen LogP contribution in [0.5, 0.6) is 0 Å². The Labute approximate surface area is 284 Å². The molecule has 0 aliphatic rings. The highest BCUT2D eigenvalue weighted by Gasteiger charge is 2.23. The quantitative estimate of drug-likeness (QED) is 0.185. The number of hydrogen-bond donors (Lipinski definition) is 0. The van der Waals surface area contributed by atoms with Crippen molar-refractivity contribution in [3.05, 3.63) is 163 Å². The first-order valence-corrected chi connectivity index (χ1v) is 17.1. The second kappa shape index (κ2) is 10.2. The van der Waals surface area contributed by atoms with Crippen LogP contribution in [0, 0.1) is 0 Å². The van der Waals surface area contributed by atoms with Crippen molar-refractivity contribution >= 4 is 65.4 Å². The lowest BCUT2D eigenvalue weighted by Gasteiger charge is -2.19. The third-order valence-corrected chi connectivity index (χ3v) is 10.4. The van der Waals surface area contributed by atoms with E-state index in [9.17, 15) is 0 Å². The first kappa shape index (κ1) is 28.0. The molecular formula is C46H35N3. The minimum Gasteiger partial charge on any atom is -0.309 e. The van der Waals surface area contributed by atoms with Crippen molar-refractivity contribution in [2.24, 2.45) is 0 Å². The van der Waals surface area contributed by atoms with Crippen LogP contribution in [-0.2, 0) is 5.41 Å². The predicted octanol–water partition coefficient (Wildman–Crippen LogP) is 12.3. The SMILES string of the molecule is CC(C)(C)c1ccc2c(c1)c1ccc3c4cc(-n5c6ccccc6c6ccccc65)ccc4n(-c4ccccc4)c3c1n2-c1ccccc1. The number of para-hydroxylation sites is 4. The van der Waals surface area contributed by atoms with E-state index in [1.54, 1.807) is 0 Å². The van der Waals surface area contributed by atoms with Crippen LogP contribution in [0.3, 0.4) is 0 Å². The van der Waals surface area contributed by atoms with Gasteiger partial charge in [0.05, 0.1) is 33.1 Å². The summed E-state index contributed by atoms with van der Waals surface area (Å²) in [7, 11) is 0. The average molecular weight is 630 g/mol. The van der Waals surface area contributed by atoms with Gasteiger partial charge >= 0.3 is 0 Å². The van der Waals surface area contributed by atoms with Gasteiger partial charge in [0, 0.05) is 49.4 Å². The monoisotopic (exact) mass is 629 g/mol. The van der Waals surface area contributed by atoms with E-state index in [0.717, 1.165) is 17.1 Å². The second-order valence-corrected chi connectivity index (χ2v) is 14.3. The van der Waals surface area contributed by atoms with Crippen molar-refractivity contribution in [3.63, 3.8) is 0 Å². The molecule has 0 fully saturated rings. The lowest BCUT2D eigenvalue weighted by molar-refractivity contribution is 0.591. The van der Waals surface area contributed by atoms with Gasteiger partial charge in [-0.05, 0) is 77.7 Å². The van der Waals surface area contributed by atoms with E-state index in [1.807, 2.05) is 0 Å². The zero-order chi connectivity index (χ0) is 32.9. The Bertz CT molecular complexity index is 2840. The van der Waals surface area contributed by atoms with Crippen molar-refractivity contribution < 1.29 is 0 Å². The molecule has 49 heavy (non-hydrogen) atoms. The van der Waals surface area contributed by atoms with Gasteiger partial charge in [-0.15, -0.1) is 0 Å². The molecule has 0 atom stereocenters. The van der Waals surface area contributed by atoms with E-state index >= 15 is 0 Å². The van der Waals surface area contributed by atoms with Crippen molar-refractivity contribution in [2.45, 2.75) is 26.2 Å². The lowest BCUT2D eigenvalue weighted by Crippen LogP contribution is -2.10. The highest BCUT2D eigenvalue weighted by molar-refractivity contribution is 6.24. The van der Waals surface area contributed by atoms with Crippen LogP contribution in [0.2, 0.25) is 0 Å². The fourth-order valence-electron chi connectivity index (χ4n) is 8.09. The summed E-state index contributed by atoms with van der Waals surface area (Å²) in [5.74, 6) is 0. The Hall–Kier alpha value is -6.06. The van der Waals surface area contributed by atoms with Gasteiger partial charge in [0.2, 0.25) is 0 Å². The molecule has 0 spiro atoms. The molecule has 3 aromatic heterocycles. The van der Waals surface area contributed by atoms with Gasteiger partial charge < -0.3 is 13.7 Å². The Morgan fingerprint density at radius 1 is 0.327 bits per heavy atom. The second-order valence-electron chi connectivity index (χ2n) is 14.3. The minimum absolute atomic E-state index is 0.0433. The van der Waals surface area contributed by atoms with Crippen molar-refractivity contribution in [1.82, 2.24) is 13.7 Å². The Balaban J connectivity index is 1.38. The van der Waals surface area contributed by atoms with E-state index in [4.69, 9.17) is 0 Å². The van der Waals surface area contributed by atoms with Gasteiger partial charge in [-0.1, -0.05) is 112 Å². The number of hydrogen-bond acceptors (Lipinski definition) is 0. The predicted molar refractivity (Wildman–Crippen MR) is 208 cm³/mol. The smallest absolute Gasteiger partial charge is 0.0788 e. The molecule has 0 radical (unpaired) electrons. The maximum atomic E-state index is 2.48. The largest absolute Gasteiger partial charge is 0.309 e. The van der Waals surface area contributed by atoms with E-state index < -0.39 is 0 Å². The third kappa shape index (κ3) is 4.02. The Kier molecular flexibility index (Phi) is 5.84.